The Labute approximate surface area is 87.2 Å². The third-order valence-corrected chi connectivity index (χ3v) is 1.98. The van der Waals surface area contributed by atoms with Crippen LogP contribution < -0.4 is 5.32 Å². The highest BCUT2D eigenvalue weighted by atomic mass is 16.5. The summed E-state index contributed by atoms with van der Waals surface area (Å²) in [6, 6.07) is 0. The Bertz CT molecular complexity index is 137. The summed E-state index contributed by atoms with van der Waals surface area (Å²) in [6.07, 6.45) is 4.96. The first-order chi connectivity index (χ1) is 6.81. The van der Waals surface area contributed by atoms with Crippen molar-refractivity contribution in [2.45, 2.75) is 46.0 Å². The molecule has 0 fully saturated rings. The quantitative estimate of drug-likeness (QED) is 0.458. The van der Waals surface area contributed by atoms with Gasteiger partial charge in [-0.1, -0.05) is 13.8 Å². The molecule has 0 aromatic carbocycles. The third kappa shape index (κ3) is 9.52. The highest BCUT2D eigenvalue weighted by Gasteiger charge is 1.96. The van der Waals surface area contributed by atoms with E-state index in [9.17, 15) is 4.79 Å². The SMILES string of the molecule is CCCNCCCCCOC(=O)CC. The van der Waals surface area contributed by atoms with Crippen molar-refractivity contribution in [3.05, 3.63) is 0 Å². The summed E-state index contributed by atoms with van der Waals surface area (Å²) in [5.74, 6) is -0.0888. The van der Waals surface area contributed by atoms with Gasteiger partial charge >= 0.3 is 5.97 Å². The van der Waals surface area contributed by atoms with Crippen LogP contribution in [0, 0.1) is 0 Å². The lowest BCUT2D eigenvalue weighted by Gasteiger charge is -2.04. The second kappa shape index (κ2) is 10.5. The highest BCUT2D eigenvalue weighted by Crippen LogP contribution is 1.96. The minimum atomic E-state index is -0.0888. The van der Waals surface area contributed by atoms with Crippen LogP contribution in [-0.2, 0) is 9.53 Å². The van der Waals surface area contributed by atoms with Gasteiger partial charge in [0.1, 0.15) is 0 Å². The predicted octanol–water partition coefficient (Wildman–Crippen LogP) is 2.11. The molecule has 0 atom stereocenters. The Morgan fingerprint density at radius 1 is 1.14 bits per heavy atom. The van der Waals surface area contributed by atoms with E-state index in [1.807, 2.05) is 6.92 Å². The van der Waals surface area contributed by atoms with Crippen molar-refractivity contribution in [3.8, 4) is 0 Å². The molecule has 0 bridgehead atoms. The first-order valence-corrected chi connectivity index (χ1v) is 5.67. The van der Waals surface area contributed by atoms with Crippen LogP contribution >= 0.6 is 0 Å². The summed E-state index contributed by atoms with van der Waals surface area (Å²) < 4.78 is 4.96. The van der Waals surface area contributed by atoms with Crippen LogP contribution in [-0.4, -0.2) is 25.7 Å². The monoisotopic (exact) mass is 201 g/mol. The number of carbonyl (C=O) groups is 1. The summed E-state index contributed by atoms with van der Waals surface area (Å²) in [7, 11) is 0. The molecule has 0 saturated carbocycles. The molecule has 84 valence electrons. The van der Waals surface area contributed by atoms with E-state index < -0.39 is 0 Å². The Morgan fingerprint density at radius 2 is 1.93 bits per heavy atom. The van der Waals surface area contributed by atoms with Crippen LogP contribution in [0.2, 0.25) is 0 Å². The van der Waals surface area contributed by atoms with Crippen molar-refractivity contribution in [1.82, 2.24) is 5.32 Å². The molecule has 0 spiro atoms. The Kier molecular flexibility index (Phi) is 10.1. The lowest BCUT2D eigenvalue weighted by molar-refractivity contribution is -0.143. The van der Waals surface area contributed by atoms with Gasteiger partial charge < -0.3 is 10.1 Å². The van der Waals surface area contributed by atoms with Gasteiger partial charge in [0.15, 0.2) is 0 Å². The number of ether oxygens (including phenoxy) is 1. The smallest absolute Gasteiger partial charge is 0.305 e. The summed E-state index contributed by atoms with van der Waals surface area (Å²) in [6.45, 7) is 6.75. The molecule has 0 unspecified atom stereocenters. The lowest BCUT2D eigenvalue weighted by atomic mass is 10.2. The van der Waals surface area contributed by atoms with Gasteiger partial charge in [-0.3, -0.25) is 4.79 Å². The van der Waals surface area contributed by atoms with Crippen LogP contribution in [0.15, 0.2) is 0 Å². The summed E-state index contributed by atoms with van der Waals surface area (Å²) in [5, 5.41) is 3.34. The third-order valence-electron chi connectivity index (χ3n) is 1.98. The van der Waals surface area contributed by atoms with Crippen LogP contribution in [0.1, 0.15) is 46.0 Å². The van der Waals surface area contributed by atoms with Crippen LogP contribution in [0.3, 0.4) is 0 Å². The average molecular weight is 201 g/mol. The fourth-order valence-corrected chi connectivity index (χ4v) is 1.12. The Hall–Kier alpha value is -0.570. The molecule has 0 aromatic heterocycles. The van der Waals surface area contributed by atoms with E-state index in [1.54, 1.807) is 0 Å². The minimum absolute atomic E-state index is 0.0888. The molecule has 0 aliphatic heterocycles. The molecule has 3 nitrogen and oxygen atoms in total. The second-order valence-corrected chi connectivity index (χ2v) is 3.38. The number of nitrogens with one attached hydrogen (secondary N) is 1. The number of rotatable bonds is 9. The maximum atomic E-state index is 10.8. The van der Waals surface area contributed by atoms with Crippen molar-refractivity contribution in [1.29, 1.82) is 0 Å². The van der Waals surface area contributed by atoms with Crippen molar-refractivity contribution < 1.29 is 9.53 Å². The molecule has 0 aromatic rings. The zero-order valence-corrected chi connectivity index (χ0v) is 9.47. The molecule has 0 heterocycles. The van der Waals surface area contributed by atoms with Gasteiger partial charge in [-0.2, -0.15) is 0 Å². The van der Waals surface area contributed by atoms with E-state index in [4.69, 9.17) is 4.74 Å². The van der Waals surface area contributed by atoms with Gasteiger partial charge in [0.25, 0.3) is 0 Å². The van der Waals surface area contributed by atoms with E-state index in [0.717, 1.165) is 25.9 Å². The normalized spacial score (nSPS) is 10.1. The summed E-state index contributed by atoms with van der Waals surface area (Å²) >= 11 is 0. The van der Waals surface area contributed by atoms with E-state index in [-0.39, 0.29) is 5.97 Å². The van der Waals surface area contributed by atoms with Gasteiger partial charge in [-0.25, -0.2) is 0 Å². The molecule has 0 saturated heterocycles. The molecule has 1 N–H and O–H groups in total. The zero-order chi connectivity index (χ0) is 10.6. The van der Waals surface area contributed by atoms with Crippen molar-refractivity contribution in [3.63, 3.8) is 0 Å². The number of carbonyl (C=O) groups excluding carboxylic acids is 1. The van der Waals surface area contributed by atoms with Gasteiger partial charge in [-0.15, -0.1) is 0 Å². The summed E-state index contributed by atoms with van der Waals surface area (Å²) in [5.41, 5.74) is 0. The highest BCUT2D eigenvalue weighted by molar-refractivity contribution is 5.68. The van der Waals surface area contributed by atoms with Gasteiger partial charge in [0.05, 0.1) is 6.61 Å². The first-order valence-electron chi connectivity index (χ1n) is 5.67. The van der Waals surface area contributed by atoms with Gasteiger partial charge in [0.2, 0.25) is 0 Å². The predicted molar refractivity (Wildman–Crippen MR) is 58.3 cm³/mol. The van der Waals surface area contributed by atoms with Crippen LogP contribution in [0.4, 0.5) is 0 Å². The molecule has 14 heavy (non-hydrogen) atoms. The lowest BCUT2D eigenvalue weighted by Crippen LogP contribution is -2.15. The standard InChI is InChI=1S/C11H23NO2/c1-3-8-12-9-6-5-7-10-14-11(13)4-2/h12H,3-10H2,1-2H3. The Balaban J connectivity index is 2.95. The molecule has 3 heteroatoms. The van der Waals surface area contributed by atoms with Gasteiger partial charge in [-0.05, 0) is 38.8 Å². The molecular formula is C11H23NO2. The Morgan fingerprint density at radius 3 is 2.57 bits per heavy atom. The summed E-state index contributed by atoms with van der Waals surface area (Å²) in [4.78, 5) is 10.8. The first kappa shape index (κ1) is 13.4. The number of hydrogen-bond acceptors (Lipinski definition) is 3. The molecule has 0 radical (unpaired) electrons. The van der Waals surface area contributed by atoms with E-state index in [0.29, 0.717) is 13.0 Å². The largest absolute Gasteiger partial charge is 0.466 e. The second-order valence-electron chi connectivity index (χ2n) is 3.38. The molecular weight excluding hydrogens is 178 g/mol. The maximum absolute atomic E-state index is 10.8. The van der Waals surface area contributed by atoms with E-state index in [2.05, 4.69) is 12.2 Å². The van der Waals surface area contributed by atoms with Crippen LogP contribution in [0.25, 0.3) is 0 Å². The number of unbranched alkanes of at least 4 members (excludes halogenated alkanes) is 2. The number of esters is 1. The molecule has 0 aliphatic rings. The van der Waals surface area contributed by atoms with Crippen molar-refractivity contribution >= 4 is 5.97 Å². The number of hydrogen-bond donors (Lipinski definition) is 1. The van der Waals surface area contributed by atoms with Crippen LogP contribution in [0.5, 0.6) is 0 Å². The zero-order valence-electron chi connectivity index (χ0n) is 9.47. The topological polar surface area (TPSA) is 38.3 Å². The van der Waals surface area contributed by atoms with Crippen molar-refractivity contribution in [2.24, 2.45) is 0 Å². The average Bonchev–Trinajstić information content (AvgIpc) is 2.21. The fraction of sp³-hybridized carbons (Fsp3) is 0.909. The molecule has 0 rings (SSSR count). The maximum Gasteiger partial charge on any atom is 0.305 e. The fourth-order valence-electron chi connectivity index (χ4n) is 1.12. The molecule has 0 amide bonds. The molecule has 0 aliphatic carbocycles. The minimum Gasteiger partial charge on any atom is -0.466 e. The van der Waals surface area contributed by atoms with Crippen molar-refractivity contribution in [2.75, 3.05) is 19.7 Å². The van der Waals surface area contributed by atoms with E-state index in [1.165, 1.54) is 12.8 Å². The van der Waals surface area contributed by atoms with Gasteiger partial charge in [0, 0.05) is 6.42 Å². The van der Waals surface area contributed by atoms with E-state index >= 15 is 0 Å².